The number of ether oxygens (including phenoxy) is 1. The Bertz CT molecular complexity index is 1570. The lowest BCUT2D eigenvalue weighted by atomic mass is 9.82. The highest BCUT2D eigenvalue weighted by atomic mass is 32.2. The Labute approximate surface area is 261 Å². The van der Waals surface area contributed by atoms with Gasteiger partial charge in [-0.2, -0.15) is 4.31 Å². The second-order valence-electron chi connectivity index (χ2n) is 11.4. The fraction of sp³-hybridized carbons (Fsp3) is 0.406. The number of nitrogens with zero attached hydrogens (tertiary/aromatic N) is 1. The number of carbonyl (C=O) groups excluding carboxylic acids is 1. The third-order valence-corrected chi connectivity index (χ3v) is 11.4. The molecule has 3 aromatic carbocycles. The van der Waals surface area contributed by atoms with Gasteiger partial charge in [-0.15, -0.1) is 0 Å². The summed E-state index contributed by atoms with van der Waals surface area (Å²) in [5.41, 5.74) is 4.87. The van der Waals surface area contributed by atoms with Crippen LogP contribution in [0, 0.1) is 11.8 Å². The summed E-state index contributed by atoms with van der Waals surface area (Å²) in [5.74, 6) is -1.81. The number of hydrogen-bond acceptors (Lipinski definition) is 7. The van der Waals surface area contributed by atoms with Crippen molar-refractivity contribution >= 4 is 26.0 Å². The van der Waals surface area contributed by atoms with Crippen LogP contribution in [0.4, 0.5) is 0 Å². The maximum atomic E-state index is 14.0. The Morgan fingerprint density at radius 3 is 1.95 bits per heavy atom. The molecule has 12 heteroatoms. The van der Waals surface area contributed by atoms with Crippen LogP contribution in [0.15, 0.2) is 89.8 Å². The summed E-state index contributed by atoms with van der Waals surface area (Å²) in [6, 6.07) is 23.6. The van der Waals surface area contributed by atoms with Crippen LogP contribution in [0.5, 0.6) is 5.75 Å². The number of benzene rings is 3. The first kappa shape index (κ1) is 35.2. The molecule has 0 bridgehead atoms. The summed E-state index contributed by atoms with van der Waals surface area (Å²) < 4.78 is 64.5. The molecule has 240 valence electrons. The number of sulfonamides is 2. The topological polar surface area (TPSA) is 156 Å². The average molecular weight is 646 g/mol. The van der Waals surface area contributed by atoms with E-state index in [1.165, 1.54) is 30.5 Å². The van der Waals surface area contributed by atoms with Crippen LogP contribution in [0.1, 0.15) is 38.3 Å². The van der Waals surface area contributed by atoms with Crippen molar-refractivity contribution in [2.24, 2.45) is 17.6 Å². The maximum Gasteiger partial charge on any atom is 0.243 e. The van der Waals surface area contributed by atoms with Crippen molar-refractivity contribution in [3.05, 3.63) is 96.1 Å². The normalized spacial score (nSPS) is 15.1. The van der Waals surface area contributed by atoms with E-state index in [1.54, 1.807) is 72.8 Å². The van der Waals surface area contributed by atoms with Crippen LogP contribution >= 0.6 is 0 Å². The zero-order chi connectivity index (χ0) is 32.5. The van der Waals surface area contributed by atoms with Crippen LogP contribution in [0.3, 0.4) is 0 Å². The van der Waals surface area contributed by atoms with E-state index in [-0.39, 0.29) is 43.3 Å². The van der Waals surface area contributed by atoms with Crippen molar-refractivity contribution in [3.8, 4) is 5.75 Å². The van der Waals surface area contributed by atoms with Gasteiger partial charge in [0.1, 0.15) is 11.0 Å². The van der Waals surface area contributed by atoms with Gasteiger partial charge in [-0.05, 0) is 47.7 Å². The highest BCUT2D eigenvalue weighted by Crippen LogP contribution is 2.33. The molecule has 3 atom stereocenters. The number of amides is 1. The van der Waals surface area contributed by atoms with E-state index < -0.39 is 42.7 Å². The minimum atomic E-state index is -4.39. The molecule has 0 aliphatic carbocycles. The van der Waals surface area contributed by atoms with Crippen molar-refractivity contribution in [3.63, 3.8) is 0 Å². The van der Waals surface area contributed by atoms with Gasteiger partial charge >= 0.3 is 0 Å². The molecule has 2 unspecified atom stereocenters. The lowest BCUT2D eigenvalue weighted by Crippen LogP contribution is -2.58. The van der Waals surface area contributed by atoms with Gasteiger partial charge in [0.05, 0.1) is 23.5 Å². The van der Waals surface area contributed by atoms with Gasteiger partial charge in [0.15, 0.2) is 0 Å². The Hall–Kier alpha value is -3.29. The summed E-state index contributed by atoms with van der Waals surface area (Å²) in [4.78, 5) is 12.6. The fourth-order valence-corrected chi connectivity index (χ4v) is 8.86. The van der Waals surface area contributed by atoms with Gasteiger partial charge < -0.3 is 15.6 Å². The van der Waals surface area contributed by atoms with Crippen molar-refractivity contribution in [2.45, 2.75) is 55.9 Å². The molecule has 0 aliphatic heterocycles. The van der Waals surface area contributed by atoms with Crippen molar-refractivity contribution in [1.29, 1.82) is 0 Å². The smallest absolute Gasteiger partial charge is 0.243 e. The largest absolute Gasteiger partial charge is 0.497 e. The zero-order valence-electron chi connectivity index (χ0n) is 25.6. The van der Waals surface area contributed by atoms with Crippen molar-refractivity contribution in [1.82, 2.24) is 9.03 Å². The predicted molar refractivity (Wildman–Crippen MR) is 171 cm³/mol. The van der Waals surface area contributed by atoms with Crippen LogP contribution in [-0.4, -0.2) is 63.2 Å². The van der Waals surface area contributed by atoms with E-state index in [0.717, 1.165) is 0 Å². The molecular weight excluding hydrogens is 603 g/mol. The number of carbonyl (C=O) groups is 1. The Kier molecular flexibility index (Phi) is 12.1. The number of hydrogen-bond donors (Lipinski definition) is 3. The molecule has 0 radical (unpaired) electrons. The Balaban J connectivity index is 2.06. The molecular formula is C32H43N3O7S2. The first-order chi connectivity index (χ1) is 20.7. The highest BCUT2D eigenvalue weighted by Gasteiger charge is 2.50. The average Bonchev–Trinajstić information content (AvgIpc) is 2.99. The predicted octanol–water partition coefficient (Wildman–Crippen LogP) is 3.32. The molecule has 0 spiro atoms. The standard InChI is InChI=1S/C32H43N3O7S2/c1-24(2)23-35(44(40,41)29-17-15-28(42-4)16-18-29)20-19-32(37,21-26-11-7-5-8-12-26)30(25(3)31(33)36)43(38,39)34-22-27-13-9-6-10-14-27/h5-18,24-25,30,34,37H,19-23H2,1-4H3,(H2,33,36)/t25?,30?,32-/m0/s1. The summed E-state index contributed by atoms with van der Waals surface area (Å²) in [7, 11) is -6.96. The van der Waals surface area contributed by atoms with Crippen molar-refractivity contribution < 1.29 is 31.5 Å². The highest BCUT2D eigenvalue weighted by molar-refractivity contribution is 7.90. The zero-order valence-corrected chi connectivity index (χ0v) is 27.2. The minimum Gasteiger partial charge on any atom is -0.497 e. The first-order valence-electron chi connectivity index (χ1n) is 14.4. The number of nitrogens with two attached hydrogens (primary N) is 1. The minimum absolute atomic E-state index is 0.0322. The number of methoxy groups -OCH3 is 1. The van der Waals surface area contributed by atoms with Crippen molar-refractivity contribution in [2.75, 3.05) is 20.2 Å². The van der Waals surface area contributed by atoms with Crippen LogP contribution < -0.4 is 15.2 Å². The van der Waals surface area contributed by atoms with E-state index >= 15 is 0 Å². The second-order valence-corrected chi connectivity index (χ2v) is 15.2. The molecule has 4 N–H and O–H groups in total. The van der Waals surface area contributed by atoms with Gasteiger partial charge in [0.25, 0.3) is 0 Å². The van der Waals surface area contributed by atoms with Crippen LogP contribution in [-0.2, 0) is 37.8 Å². The van der Waals surface area contributed by atoms with Gasteiger partial charge in [-0.1, -0.05) is 81.4 Å². The summed E-state index contributed by atoms with van der Waals surface area (Å²) in [6.07, 6.45) is -0.459. The van der Waals surface area contributed by atoms with Gasteiger partial charge in [0, 0.05) is 26.1 Å². The van der Waals surface area contributed by atoms with Gasteiger partial charge in [0.2, 0.25) is 26.0 Å². The van der Waals surface area contributed by atoms with E-state index in [1.807, 2.05) is 13.8 Å². The second kappa shape index (κ2) is 15.1. The molecule has 44 heavy (non-hydrogen) atoms. The molecule has 0 aromatic heterocycles. The maximum absolute atomic E-state index is 14.0. The lowest BCUT2D eigenvalue weighted by molar-refractivity contribution is -0.123. The number of nitrogens with one attached hydrogen (secondary N) is 1. The number of rotatable bonds is 17. The van der Waals surface area contributed by atoms with E-state index in [2.05, 4.69) is 4.72 Å². The molecule has 0 aliphatic rings. The molecule has 1 amide bonds. The van der Waals surface area contributed by atoms with E-state index in [4.69, 9.17) is 10.5 Å². The lowest BCUT2D eigenvalue weighted by Gasteiger charge is -2.39. The quantitative estimate of drug-likeness (QED) is 0.203. The third-order valence-electron chi connectivity index (χ3n) is 7.50. The molecule has 0 fully saturated rings. The molecule has 0 saturated heterocycles. The molecule has 0 heterocycles. The van der Waals surface area contributed by atoms with Crippen LogP contribution in [0.2, 0.25) is 0 Å². The SMILES string of the molecule is COc1ccc(S(=O)(=O)N(CC[C@](O)(Cc2ccccc2)C(C(C)C(N)=O)S(=O)(=O)NCc2ccccc2)CC(C)C)cc1. The Morgan fingerprint density at radius 1 is 0.909 bits per heavy atom. The van der Waals surface area contributed by atoms with Gasteiger partial charge in [-0.25, -0.2) is 21.6 Å². The summed E-state index contributed by atoms with van der Waals surface area (Å²) in [5, 5.41) is 10.7. The molecule has 3 rings (SSSR count). The van der Waals surface area contributed by atoms with E-state index in [9.17, 15) is 26.7 Å². The Morgan fingerprint density at radius 2 is 1.45 bits per heavy atom. The monoisotopic (exact) mass is 645 g/mol. The summed E-state index contributed by atoms with van der Waals surface area (Å²) >= 11 is 0. The van der Waals surface area contributed by atoms with Gasteiger partial charge in [-0.3, -0.25) is 4.79 Å². The number of primary amides is 1. The first-order valence-corrected chi connectivity index (χ1v) is 17.4. The fourth-order valence-electron chi connectivity index (χ4n) is 5.25. The third kappa shape index (κ3) is 9.12. The molecule has 10 nitrogen and oxygen atoms in total. The molecule has 3 aromatic rings. The van der Waals surface area contributed by atoms with Crippen LogP contribution in [0.25, 0.3) is 0 Å². The number of aliphatic hydroxyl groups is 1. The van der Waals surface area contributed by atoms with E-state index in [0.29, 0.717) is 16.9 Å². The molecule has 0 saturated carbocycles. The summed E-state index contributed by atoms with van der Waals surface area (Å²) in [6.45, 7) is 4.92.